The molecule has 0 aliphatic heterocycles. The Bertz CT molecular complexity index is 899. The zero-order valence-electron chi connectivity index (χ0n) is 15.7. The van der Waals surface area contributed by atoms with Crippen molar-refractivity contribution in [2.24, 2.45) is 11.5 Å². The molecule has 0 spiro atoms. The van der Waals surface area contributed by atoms with Gasteiger partial charge in [-0.15, -0.1) is 12.4 Å². The van der Waals surface area contributed by atoms with Crippen molar-refractivity contribution in [3.63, 3.8) is 0 Å². The fraction of sp³-hybridized carbons (Fsp3) is 0.381. The molecular formula is C21H23Cl3F2N2O. The Kier molecular flexibility index (Phi) is 7.55. The van der Waals surface area contributed by atoms with Crippen LogP contribution in [0.3, 0.4) is 0 Å². The second-order valence-electron chi connectivity index (χ2n) is 7.51. The molecular weight excluding hydrogens is 441 g/mol. The molecule has 0 heterocycles. The summed E-state index contributed by atoms with van der Waals surface area (Å²) in [5.41, 5.74) is 10.9. The predicted octanol–water partition coefficient (Wildman–Crippen LogP) is 5.62. The van der Waals surface area contributed by atoms with Crippen LogP contribution in [0.25, 0.3) is 0 Å². The minimum atomic E-state index is -0.824. The molecule has 0 saturated heterocycles. The highest BCUT2D eigenvalue weighted by Gasteiger charge is 2.46. The number of benzene rings is 2. The van der Waals surface area contributed by atoms with Crippen LogP contribution < -0.4 is 11.5 Å². The van der Waals surface area contributed by atoms with Crippen LogP contribution in [0.15, 0.2) is 36.4 Å². The maximum Gasteiger partial charge on any atom is 0.228 e. The second kappa shape index (κ2) is 9.17. The number of hydrogen-bond acceptors (Lipinski definition) is 2. The van der Waals surface area contributed by atoms with Crippen molar-refractivity contribution in [3.8, 4) is 0 Å². The summed E-state index contributed by atoms with van der Waals surface area (Å²) < 4.78 is 27.2. The minimum absolute atomic E-state index is 0. The van der Waals surface area contributed by atoms with Gasteiger partial charge < -0.3 is 11.5 Å². The van der Waals surface area contributed by atoms with Crippen LogP contribution in [0.4, 0.5) is 8.78 Å². The van der Waals surface area contributed by atoms with Crippen LogP contribution >= 0.6 is 35.6 Å². The van der Waals surface area contributed by atoms with Gasteiger partial charge in [-0.1, -0.05) is 53.9 Å². The molecule has 2 aliphatic carbocycles. The summed E-state index contributed by atoms with van der Waals surface area (Å²) in [4.78, 5) is 11.4. The average Bonchev–Trinajstić information content (AvgIpc) is 2.58. The Morgan fingerprint density at radius 3 is 1.69 bits per heavy atom. The number of hydrogen-bond donors (Lipinski definition) is 2. The monoisotopic (exact) mass is 462 g/mol. The van der Waals surface area contributed by atoms with Crippen LogP contribution in [0.5, 0.6) is 0 Å². The molecule has 4 N–H and O–H groups in total. The van der Waals surface area contributed by atoms with E-state index in [1.165, 1.54) is 6.07 Å². The summed E-state index contributed by atoms with van der Waals surface area (Å²) in [7, 11) is 0. The van der Waals surface area contributed by atoms with Gasteiger partial charge in [0.25, 0.3) is 0 Å². The zero-order valence-corrected chi connectivity index (χ0v) is 18.0. The van der Waals surface area contributed by atoms with E-state index in [0.717, 1.165) is 25.7 Å². The Labute approximate surface area is 185 Å². The summed E-state index contributed by atoms with van der Waals surface area (Å²) in [5, 5.41) is 0.203. The van der Waals surface area contributed by atoms with Crippen molar-refractivity contribution < 1.29 is 13.6 Å². The Hall–Kier alpha value is -1.40. The molecule has 2 aromatic carbocycles. The fourth-order valence-electron chi connectivity index (χ4n) is 3.77. The first-order chi connectivity index (χ1) is 13.2. The van der Waals surface area contributed by atoms with Crippen molar-refractivity contribution in [1.82, 2.24) is 0 Å². The van der Waals surface area contributed by atoms with Crippen LogP contribution in [-0.2, 0) is 15.7 Å². The SMILES string of the molecule is Cl.NC(=O)C1(c2cccc(Cl)c2F)CCC1.NC1(c2cccc(Cl)c2F)CCC1. The van der Waals surface area contributed by atoms with Crippen LogP contribution in [-0.4, -0.2) is 5.91 Å². The van der Waals surface area contributed by atoms with Gasteiger partial charge in [0.1, 0.15) is 11.6 Å². The maximum atomic E-state index is 13.7. The molecule has 0 aromatic heterocycles. The van der Waals surface area contributed by atoms with E-state index in [2.05, 4.69) is 0 Å². The van der Waals surface area contributed by atoms with Crippen LogP contribution in [0.2, 0.25) is 10.0 Å². The van der Waals surface area contributed by atoms with Gasteiger partial charge in [0.05, 0.1) is 15.5 Å². The van der Waals surface area contributed by atoms with Gasteiger partial charge in [0.2, 0.25) is 5.91 Å². The van der Waals surface area contributed by atoms with Crippen molar-refractivity contribution in [3.05, 3.63) is 69.2 Å². The summed E-state index contributed by atoms with van der Waals surface area (Å²) in [6.45, 7) is 0. The molecule has 2 saturated carbocycles. The number of rotatable bonds is 3. The average molecular weight is 464 g/mol. The molecule has 0 atom stereocenters. The third-order valence-corrected chi connectivity index (χ3v) is 6.46. The quantitative estimate of drug-likeness (QED) is 0.620. The Morgan fingerprint density at radius 1 is 0.862 bits per heavy atom. The summed E-state index contributed by atoms with van der Waals surface area (Å²) in [6.07, 6.45) is 4.89. The first kappa shape index (κ1) is 23.9. The Balaban J connectivity index is 0.000000202. The van der Waals surface area contributed by atoms with E-state index < -0.39 is 22.7 Å². The van der Waals surface area contributed by atoms with Gasteiger partial charge in [-0.25, -0.2) is 8.78 Å². The molecule has 2 aromatic rings. The van der Waals surface area contributed by atoms with Gasteiger partial charge >= 0.3 is 0 Å². The number of carbonyl (C=O) groups excluding carboxylic acids is 1. The minimum Gasteiger partial charge on any atom is -0.369 e. The molecule has 158 valence electrons. The van der Waals surface area contributed by atoms with Crippen LogP contribution in [0, 0.1) is 11.6 Å². The van der Waals surface area contributed by atoms with Crippen molar-refractivity contribution in [2.75, 3.05) is 0 Å². The molecule has 0 unspecified atom stereocenters. The number of nitrogens with two attached hydrogens (primary N) is 2. The first-order valence-electron chi connectivity index (χ1n) is 9.19. The lowest BCUT2D eigenvalue weighted by atomic mass is 9.64. The number of primary amides is 1. The summed E-state index contributed by atoms with van der Waals surface area (Å²) >= 11 is 11.3. The molecule has 2 fully saturated rings. The standard InChI is InChI=1S/C11H11ClFNO.C10H11ClFN.ClH/c12-8-4-1-3-7(9(8)13)11(10(14)15)5-2-6-11;11-8-4-1-3-7(9(8)12)10(13)5-2-6-10;/h1,3-4H,2,5-6H2,(H2,14,15);1,3-4H,2,5-6,13H2;1H. The lowest BCUT2D eigenvalue weighted by molar-refractivity contribution is -0.126. The van der Waals surface area contributed by atoms with Crippen molar-refractivity contribution in [2.45, 2.75) is 49.5 Å². The third-order valence-electron chi connectivity index (χ3n) is 5.88. The lowest BCUT2D eigenvalue weighted by Gasteiger charge is -2.39. The fourth-order valence-corrected chi connectivity index (χ4v) is 4.12. The molecule has 1 amide bonds. The van der Waals surface area contributed by atoms with Gasteiger partial charge in [-0.3, -0.25) is 4.79 Å². The van der Waals surface area contributed by atoms with Crippen LogP contribution in [0.1, 0.15) is 49.7 Å². The highest BCUT2D eigenvalue weighted by Crippen LogP contribution is 2.45. The maximum absolute atomic E-state index is 13.7. The van der Waals surface area contributed by atoms with Crippen molar-refractivity contribution >= 4 is 41.5 Å². The van der Waals surface area contributed by atoms with Gasteiger partial charge in [0.15, 0.2) is 0 Å². The zero-order chi connectivity index (χ0) is 20.5. The molecule has 3 nitrogen and oxygen atoms in total. The number of halogens is 5. The summed E-state index contributed by atoms with van der Waals surface area (Å²) in [5.74, 6) is -1.33. The topological polar surface area (TPSA) is 69.1 Å². The smallest absolute Gasteiger partial charge is 0.228 e. The number of carbonyl (C=O) groups is 1. The predicted molar refractivity (Wildman–Crippen MR) is 115 cm³/mol. The normalized spacial score (nSPS) is 18.2. The van der Waals surface area contributed by atoms with E-state index in [-0.39, 0.29) is 28.3 Å². The number of amides is 1. The molecule has 29 heavy (non-hydrogen) atoms. The van der Waals surface area contributed by atoms with E-state index >= 15 is 0 Å². The Morgan fingerprint density at radius 2 is 1.31 bits per heavy atom. The molecule has 0 bridgehead atoms. The van der Waals surface area contributed by atoms with Gasteiger partial charge in [-0.05, 0) is 44.2 Å². The van der Waals surface area contributed by atoms with E-state index in [0.29, 0.717) is 24.0 Å². The molecule has 4 rings (SSSR count). The molecule has 0 radical (unpaired) electrons. The van der Waals surface area contributed by atoms with E-state index in [4.69, 9.17) is 34.7 Å². The van der Waals surface area contributed by atoms with Gasteiger partial charge in [0, 0.05) is 16.7 Å². The molecule has 2 aliphatic rings. The third kappa shape index (κ3) is 4.38. The van der Waals surface area contributed by atoms with Crippen molar-refractivity contribution in [1.29, 1.82) is 0 Å². The highest BCUT2D eigenvalue weighted by molar-refractivity contribution is 6.31. The summed E-state index contributed by atoms with van der Waals surface area (Å²) in [6, 6.07) is 9.71. The van der Waals surface area contributed by atoms with Gasteiger partial charge in [-0.2, -0.15) is 0 Å². The second-order valence-corrected chi connectivity index (χ2v) is 8.33. The van der Waals surface area contributed by atoms with E-state index in [9.17, 15) is 13.6 Å². The molecule has 8 heteroatoms. The largest absolute Gasteiger partial charge is 0.369 e. The lowest BCUT2D eigenvalue weighted by Crippen LogP contribution is -2.47. The first-order valence-corrected chi connectivity index (χ1v) is 9.95. The van der Waals surface area contributed by atoms with E-state index in [1.807, 2.05) is 0 Å². The van der Waals surface area contributed by atoms with E-state index in [1.54, 1.807) is 30.3 Å². The highest BCUT2D eigenvalue weighted by atomic mass is 35.5.